The standard InChI is InChI=1S/C16H12ClN3OS/c1-10-14(15(21)20-13-8-7-12(17)9-18-13)22-16(19-10)11-5-3-2-4-6-11/h2-9H,1H3,(H,18,20,21). The molecule has 1 amide bonds. The van der Waals surface area contributed by atoms with Crippen LogP contribution in [0.15, 0.2) is 48.7 Å². The Hall–Kier alpha value is -2.24. The number of aryl methyl sites for hydroxylation is 1. The molecule has 0 aliphatic rings. The molecule has 0 saturated carbocycles. The molecular formula is C16H12ClN3OS. The number of amides is 1. The molecule has 0 aliphatic carbocycles. The number of aromatic nitrogens is 2. The van der Waals surface area contributed by atoms with Crippen molar-refractivity contribution in [2.24, 2.45) is 0 Å². The minimum absolute atomic E-state index is 0.216. The van der Waals surface area contributed by atoms with Crippen LogP contribution in [0.1, 0.15) is 15.4 Å². The lowest BCUT2D eigenvalue weighted by Crippen LogP contribution is -2.12. The van der Waals surface area contributed by atoms with Crippen LogP contribution in [0, 0.1) is 6.92 Å². The van der Waals surface area contributed by atoms with E-state index in [-0.39, 0.29) is 5.91 Å². The van der Waals surface area contributed by atoms with Crippen molar-refractivity contribution in [1.82, 2.24) is 9.97 Å². The Labute approximate surface area is 136 Å². The highest BCUT2D eigenvalue weighted by Gasteiger charge is 2.16. The van der Waals surface area contributed by atoms with Crippen LogP contribution in [0.2, 0.25) is 5.02 Å². The maximum atomic E-state index is 12.4. The number of hydrogen-bond donors (Lipinski definition) is 1. The van der Waals surface area contributed by atoms with E-state index in [0.717, 1.165) is 10.6 Å². The number of halogens is 1. The molecule has 1 N–H and O–H groups in total. The topological polar surface area (TPSA) is 54.9 Å². The van der Waals surface area contributed by atoms with E-state index in [1.54, 1.807) is 12.1 Å². The van der Waals surface area contributed by atoms with Gasteiger partial charge in [-0.05, 0) is 19.1 Å². The highest BCUT2D eigenvalue weighted by molar-refractivity contribution is 7.17. The van der Waals surface area contributed by atoms with Gasteiger partial charge in [0, 0.05) is 11.8 Å². The molecule has 110 valence electrons. The molecule has 0 spiro atoms. The first kappa shape index (κ1) is 14.7. The lowest BCUT2D eigenvalue weighted by atomic mass is 10.2. The second-order valence-corrected chi connectivity index (χ2v) is 6.05. The molecule has 0 atom stereocenters. The number of pyridine rings is 1. The largest absolute Gasteiger partial charge is 0.306 e. The summed E-state index contributed by atoms with van der Waals surface area (Å²) >= 11 is 7.14. The second-order valence-electron chi connectivity index (χ2n) is 4.62. The van der Waals surface area contributed by atoms with Crippen LogP contribution < -0.4 is 5.32 Å². The number of hydrogen-bond acceptors (Lipinski definition) is 4. The predicted octanol–water partition coefficient (Wildman–Crippen LogP) is 4.42. The SMILES string of the molecule is Cc1nc(-c2ccccc2)sc1C(=O)Nc1ccc(Cl)cn1. The first-order valence-corrected chi connectivity index (χ1v) is 7.78. The summed E-state index contributed by atoms with van der Waals surface area (Å²) in [5.41, 5.74) is 1.70. The van der Waals surface area contributed by atoms with Crippen molar-refractivity contribution in [3.8, 4) is 10.6 Å². The van der Waals surface area contributed by atoms with Gasteiger partial charge in [0.1, 0.15) is 15.7 Å². The van der Waals surface area contributed by atoms with Gasteiger partial charge in [-0.2, -0.15) is 0 Å². The summed E-state index contributed by atoms with van der Waals surface area (Å²) in [4.78, 5) is 21.5. The van der Waals surface area contributed by atoms with E-state index in [1.165, 1.54) is 17.5 Å². The maximum absolute atomic E-state index is 12.4. The molecule has 0 saturated heterocycles. The van der Waals surface area contributed by atoms with Crippen molar-refractivity contribution in [2.75, 3.05) is 5.32 Å². The molecule has 2 aromatic heterocycles. The third-order valence-corrected chi connectivity index (χ3v) is 4.42. The summed E-state index contributed by atoms with van der Waals surface area (Å²) in [6.45, 7) is 1.83. The van der Waals surface area contributed by atoms with E-state index in [4.69, 9.17) is 11.6 Å². The van der Waals surface area contributed by atoms with Gasteiger partial charge in [0.05, 0.1) is 10.7 Å². The molecule has 0 fully saturated rings. The molecule has 0 radical (unpaired) electrons. The molecule has 22 heavy (non-hydrogen) atoms. The van der Waals surface area contributed by atoms with E-state index in [9.17, 15) is 4.79 Å². The lowest BCUT2D eigenvalue weighted by molar-refractivity contribution is 0.102. The van der Waals surface area contributed by atoms with Crippen molar-refractivity contribution in [1.29, 1.82) is 0 Å². The maximum Gasteiger partial charge on any atom is 0.268 e. The lowest BCUT2D eigenvalue weighted by Gasteiger charge is -2.02. The van der Waals surface area contributed by atoms with Crippen LogP contribution in [0.4, 0.5) is 5.82 Å². The van der Waals surface area contributed by atoms with Crippen molar-refractivity contribution < 1.29 is 4.79 Å². The number of benzene rings is 1. The van der Waals surface area contributed by atoms with Crippen LogP contribution in [0.25, 0.3) is 10.6 Å². The molecular weight excluding hydrogens is 318 g/mol. The monoisotopic (exact) mass is 329 g/mol. The quantitative estimate of drug-likeness (QED) is 0.774. The van der Waals surface area contributed by atoms with Crippen LogP contribution in [0.5, 0.6) is 0 Å². The van der Waals surface area contributed by atoms with Crippen LogP contribution in [-0.4, -0.2) is 15.9 Å². The van der Waals surface area contributed by atoms with Crippen LogP contribution in [-0.2, 0) is 0 Å². The summed E-state index contributed by atoms with van der Waals surface area (Å²) < 4.78 is 0. The van der Waals surface area contributed by atoms with Crippen LogP contribution in [0.3, 0.4) is 0 Å². The highest BCUT2D eigenvalue weighted by Crippen LogP contribution is 2.28. The Morgan fingerprint density at radius 3 is 2.64 bits per heavy atom. The number of nitrogens with zero attached hydrogens (tertiary/aromatic N) is 2. The van der Waals surface area contributed by atoms with Crippen molar-refractivity contribution in [3.05, 3.63) is 64.3 Å². The molecule has 0 bridgehead atoms. The van der Waals surface area contributed by atoms with Gasteiger partial charge in [-0.3, -0.25) is 4.79 Å². The van der Waals surface area contributed by atoms with E-state index in [2.05, 4.69) is 15.3 Å². The van der Waals surface area contributed by atoms with Gasteiger partial charge >= 0.3 is 0 Å². The van der Waals surface area contributed by atoms with Gasteiger partial charge < -0.3 is 5.32 Å². The van der Waals surface area contributed by atoms with Gasteiger partial charge in [-0.25, -0.2) is 9.97 Å². The molecule has 1 aromatic carbocycles. The Kier molecular flexibility index (Phi) is 4.18. The Morgan fingerprint density at radius 2 is 1.95 bits per heavy atom. The van der Waals surface area contributed by atoms with E-state index >= 15 is 0 Å². The molecule has 3 aromatic rings. The molecule has 2 heterocycles. The smallest absolute Gasteiger partial charge is 0.268 e. The number of carbonyl (C=O) groups excluding carboxylic acids is 1. The van der Waals surface area contributed by atoms with Gasteiger partial charge in [0.2, 0.25) is 0 Å². The van der Waals surface area contributed by atoms with Crippen molar-refractivity contribution >= 4 is 34.7 Å². The van der Waals surface area contributed by atoms with Gasteiger partial charge in [-0.1, -0.05) is 41.9 Å². The number of anilines is 1. The number of nitrogens with one attached hydrogen (secondary N) is 1. The van der Waals surface area contributed by atoms with Crippen LogP contribution >= 0.6 is 22.9 Å². The van der Waals surface area contributed by atoms with Gasteiger partial charge in [0.25, 0.3) is 5.91 Å². The molecule has 4 nitrogen and oxygen atoms in total. The summed E-state index contributed by atoms with van der Waals surface area (Å²) in [5.74, 6) is 0.246. The van der Waals surface area contributed by atoms with Crippen molar-refractivity contribution in [2.45, 2.75) is 6.92 Å². The third kappa shape index (κ3) is 3.16. The Balaban J connectivity index is 1.84. The number of rotatable bonds is 3. The summed E-state index contributed by atoms with van der Waals surface area (Å²) in [6.07, 6.45) is 1.49. The molecule has 3 rings (SSSR count). The highest BCUT2D eigenvalue weighted by atomic mass is 35.5. The van der Waals surface area contributed by atoms with E-state index < -0.39 is 0 Å². The Morgan fingerprint density at radius 1 is 1.18 bits per heavy atom. The minimum atomic E-state index is -0.216. The second kappa shape index (κ2) is 6.25. The number of thiazole rings is 1. The summed E-state index contributed by atoms with van der Waals surface area (Å²) in [5, 5.41) is 4.11. The van der Waals surface area contributed by atoms with E-state index in [0.29, 0.717) is 21.4 Å². The zero-order valence-corrected chi connectivity index (χ0v) is 13.3. The zero-order chi connectivity index (χ0) is 15.5. The Bertz CT molecular complexity index is 800. The fraction of sp³-hybridized carbons (Fsp3) is 0.0625. The average molecular weight is 330 g/mol. The fourth-order valence-electron chi connectivity index (χ4n) is 1.93. The average Bonchev–Trinajstić information content (AvgIpc) is 2.92. The third-order valence-electron chi connectivity index (χ3n) is 2.99. The molecule has 0 aliphatic heterocycles. The first-order valence-electron chi connectivity index (χ1n) is 6.59. The van der Waals surface area contributed by atoms with Crippen molar-refractivity contribution in [3.63, 3.8) is 0 Å². The number of carbonyl (C=O) groups is 1. The molecule has 0 unspecified atom stereocenters. The first-order chi connectivity index (χ1) is 10.6. The predicted molar refractivity (Wildman–Crippen MR) is 89.5 cm³/mol. The zero-order valence-electron chi connectivity index (χ0n) is 11.7. The minimum Gasteiger partial charge on any atom is -0.306 e. The summed E-state index contributed by atoms with van der Waals surface area (Å²) in [6, 6.07) is 13.1. The van der Waals surface area contributed by atoms with E-state index in [1.807, 2.05) is 37.3 Å². The molecule has 6 heteroatoms. The van der Waals surface area contributed by atoms with Gasteiger partial charge in [-0.15, -0.1) is 11.3 Å². The fourth-order valence-corrected chi connectivity index (χ4v) is 3.01. The summed E-state index contributed by atoms with van der Waals surface area (Å²) in [7, 11) is 0. The van der Waals surface area contributed by atoms with Gasteiger partial charge in [0.15, 0.2) is 0 Å². The normalized spacial score (nSPS) is 10.5.